The molecule has 0 atom stereocenters. The van der Waals surface area contributed by atoms with Crippen molar-refractivity contribution in [3.63, 3.8) is 0 Å². The lowest BCUT2D eigenvalue weighted by Gasteiger charge is -2.37. The Morgan fingerprint density at radius 3 is 2.55 bits per heavy atom. The fourth-order valence-electron chi connectivity index (χ4n) is 3.08. The molecule has 1 aromatic heterocycles. The van der Waals surface area contributed by atoms with Gasteiger partial charge < -0.3 is 15.0 Å². The number of nitrogens with zero attached hydrogens (tertiary/aromatic N) is 2. The molecule has 5 nitrogen and oxygen atoms in total. The van der Waals surface area contributed by atoms with Gasteiger partial charge in [0.15, 0.2) is 5.75 Å². The van der Waals surface area contributed by atoms with Crippen LogP contribution < -0.4 is 5.43 Å². The molecule has 1 aliphatic heterocycles. The van der Waals surface area contributed by atoms with Crippen LogP contribution >= 0.6 is 0 Å². The normalized spacial score (nSPS) is 21.5. The second-order valence-electron chi connectivity index (χ2n) is 6.15. The maximum atomic E-state index is 11.5. The summed E-state index contributed by atoms with van der Waals surface area (Å²) in [5.74, 6) is -0.203. The standard InChI is InChI=1S/C15H23N3O2/c1-17-6-4-13(5-7-17)18(12-2-3-12)10-11-8-14(19)15(20)9-16-11/h8-9,12-13,20H,2-7,10H2,1H3,(H,16,19). The Labute approximate surface area is 119 Å². The van der Waals surface area contributed by atoms with Crippen LogP contribution in [0.5, 0.6) is 5.75 Å². The number of aromatic nitrogens is 1. The number of aromatic hydroxyl groups is 1. The van der Waals surface area contributed by atoms with Crippen LogP contribution in [0.2, 0.25) is 0 Å². The molecule has 0 unspecified atom stereocenters. The van der Waals surface area contributed by atoms with Gasteiger partial charge in [-0.25, -0.2) is 0 Å². The molecule has 2 aliphatic rings. The van der Waals surface area contributed by atoms with Gasteiger partial charge in [0.1, 0.15) is 0 Å². The molecule has 2 N–H and O–H groups in total. The summed E-state index contributed by atoms with van der Waals surface area (Å²) in [6.45, 7) is 3.09. The van der Waals surface area contributed by atoms with Crippen LogP contribution in [-0.4, -0.2) is 52.1 Å². The number of hydrogen-bond donors (Lipinski definition) is 2. The van der Waals surface area contributed by atoms with E-state index >= 15 is 0 Å². The number of rotatable bonds is 4. The topological polar surface area (TPSA) is 59.6 Å². The van der Waals surface area contributed by atoms with Crippen LogP contribution in [0.25, 0.3) is 0 Å². The molecule has 110 valence electrons. The summed E-state index contributed by atoms with van der Waals surface area (Å²) in [7, 11) is 2.18. The molecule has 1 saturated carbocycles. The van der Waals surface area contributed by atoms with Crippen molar-refractivity contribution in [1.29, 1.82) is 0 Å². The molecule has 0 bridgehead atoms. The van der Waals surface area contributed by atoms with Crippen LogP contribution in [0.1, 0.15) is 31.4 Å². The highest BCUT2D eigenvalue weighted by molar-refractivity contribution is 5.18. The average molecular weight is 277 g/mol. The Hall–Kier alpha value is -1.33. The first-order chi connectivity index (χ1) is 9.63. The van der Waals surface area contributed by atoms with E-state index in [2.05, 4.69) is 21.8 Å². The minimum Gasteiger partial charge on any atom is -0.503 e. The first-order valence-electron chi connectivity index (χ1n) is 7.48. The van der Waals surface area contributed by atoms with Crippen LogP contribution in [0.4, 0.5) is 0 Å². The lowest BCUT2D eigenvalue weighted by Crippen LogP contribution is -2.44. The van der Waals surface area contributed by atoms with E-state index in [1.165, 1.54) is 37.9 Å². The highest BCUT2D eigenvalue weighted by Crippen LogP contribution is 2.32. The number of nitrogens with one attached hydrogen (secondary N) is 1. The van der Waals surface area contributed by atoms with E-state index in [-0.39, 0.29) is 11.2 Å². The zero-order chi connectivity index (χ0) is 14.1. The molecule has 3 rings (SSSR count). The van der Waals surface area contributed by atoms with Crippen molar-refractivity contribution >= 4 is 0 Å². The number of likely N-dealkylation sites (tertiary alicyclic amines) is 1. The summed E-state index contributed by atoms with van der Waals surface area (Å²) in [6.07, 6.45) is 6.35. The molecule has 2 fully saturated rings. The summed E-state index contributed by atoms with van der Waals surface area (Å²) >= 11 is 0. The summed E-state index contributed by atoms with van der Waals surface area (Å²) in [4.78, 5) is 19.5. The van der Waals surface area contributed by atoms with Crippen molar-refractivity contribution in [3.05, 3.63) is 28.2 Å². The van der Waals surface area contributed by atoms with Gasteiger partial charge in [0, 0.05) is 36.6 Å². The molecule has 0 amide bonds. The highest BCUT2D eigenvalue weighted by Gasteiger charge is 2.35. The molecule has 0 spiro atoms. The van der Waals surface area contributed by atoms with Gasteiger partial charge in [0.25, 0.3) is 0 Å². The van der Waals surface area contributed by atoms with Crippen LogP contribution in [0, 0.1) is 0 Å². The molecular formula is C15H23N3O2. The number of aromatic amines is 1. The summed E-state index contributed by atoms with van der Waals surface area (Å²) in [6, 6.07) is 2.83. The molecule has 0 radical (unpaired) electrons. The second-order valence-corrected chi connectivity index (χ2v) is 6.15. The second kappa shape index (κ2) is 5.58. The third-order valence-electron chi connectivity index (χ3n) is 4.48. The number of H-pyrrole nitrogens is 1. The minimum absolute atomic E-state index is 0.203. The van der Waals surface area contributed by atoms with E-state index in [0.29, 0.717) is 12.1 Å². The molecule has 20 heavy (non-hydrogen) atoms. The van der Waals surface area contributed by atoms with E-state index in [9.17, 15) is 9.90 Å². The number of piperidine rings is 1. The van der Waals surface area contributed by atoms with Crippen molar-refractivity contribution in [2.75, 3.05) is 20.1 Å². The fraction of sp³-hybridized carbons (Fsp3) is 0.667. The highest BCUT2D eigenvalue weighted by atomic mass is 16.3. The van der Waals surface area contributed by atoms with Crippen LogP contribution in [0.15, 0.2) is 17.1 Å². The van der Waals surface area contributed by atoms with Crippen molar-refractivity contribution in [2.45, 2.75) is 44.3 Å². The number of pyridine rings is 1. The SMILES string of the molecule is CN1CCC(N(Cc2cc(=O)c(O)c[nH]2)C2CC2)CC1. The van der Waals surface area contributed by atoms with Gasteiger partial charge in [0.2, 0.25) is 5.43 Å². The zero-order valence-electron chi connectivity index (χ0n) is 12.0. The van der Waals surface area contributed by atoms with Crippen LogP contribution in [-0.2, 0) is 6.54 Å². The lowest BCUT2D eigenvalue weighted by atomic mass is 10.0. The van der Waals surface area contributed by atoms with E-state index in [1.54, 1.807) is 0 Å². The first kappa shape index (κ1) is 13.6. The molecule has 0 aromatic carbocycles. The first-order valence-corrected chi connectivity index (χ1v) is 7.48. The fourth-order valence-corrected chi connectivity index (χ4v) is 3.08. The monoisotopic (exact) mass is 277 g/mol. The Kier molecular flexibility index (Phi) is 3.81. The van der Waals surface area contributed by atoms with Gasteiger partial charge in [-0.1, -0.05) is 0 Å². The van der Waals surface area contributed by atoms with Crippen molar-refractivity contribution in [3.8, 4) is 5.75 Å². The van der Waals surface area contributed by atoms with E-state index in [0.717, 1.165) is 25.3 Å². The van der Waals surface area contributed by atoms with E-state index < -0.39 is 0 Å². The Morgan fingerprint density at radius 1 is 1.30 bits per heavy atom. The maximum absolute atomic E-state index is 11.5. The summed E-state index contributed by atoms with van der Waals surface area (Å²) in [5.41, 5.74) is 0.608. The van der Waals surface area contributed by atoms with E-state index in [1.807, 2.05) is 0 Å². The maximum Gasteiger partial charge on any atom is 0.223 e. The largest absolute Gasteiger partial charge is 0.503 e. The quantitative estimate of drug-likeness (QED) is 0.866. The Balaban J connectivity index is 1.71. The average Bonchev–Trinajstić information content (AvgIpc) is 3.26. The van der Waals surface area contributed by atoms with Gasteiger partial charge in [-0.15, -0.1) is 0 Å². The predicted molar refractivity (Wildman–Crippen MR) is 77.8 cm³/mol. The smallest absolute Gasteiger partial charge is 0.223 e. The van der Waals surface area contributed by atoms with Crippen molar-refractivity contribution in [2.24, 2.45) is 0 Å². The molecule has 5 heteroatoms. The molecule has 1 aromatic rings. The van der Waals surface area contributed by atoms with Gasteiger partial charge in [-0.2, -0.15) is 0 Å². The molecule has 1 saturated heterocycles. The van der Waals surface area contributed by atoms with Gasteiger partial charge >= 0.3 is 0 Å². The van der Waals surface area contributed by atoms with Gasteiger partial charge in [-0.05, 0) is 45.8 Å². The zero-order valence-corrected chi connectivity index (χ0v) is 12.0. The summed E-state index contributed by atoms with van der Waals surface area (Å²) < 4.78 is 0. The molecule has 2 heterocycles. The van der Waals surface area contributed by atoms with E-state index in [4.69, 9.17) is 0 Å². The molecular weight excluding hydrogens is 254 g/mol. The third kappa shape index (κ3) is 3.04. The third-order valence-corrected chi connectivity index (χ3v) is 4.48. The number of hydrogen-bond acceptors (Lipinski definition) is 4. The Bertz CT molecular complexity index is 516. The lowest BCUT2D eigenvalue weighted by molar-refractivity contribution is 0.106. The Morgan fingerprint density at radius 2 is 1.95 bits per heavy atom. The van der Waals surface area contributed by atoms with Crippen LogP contribution in [0.3, 0.4) is 0 Å². The summed E-state index contributed by atoms with van der Waals surface area (Å²) in [5, 5.41) is 9.31. The molecule has 1 aliphatic carbocycles. The van der Waals surface area contributed by atoms with Gasteiger partial charge in [-0.3, -0.25) is 9.69 Å². The predicted octanol–water partition coefficient (Wildman–Crippen LogP) is 1.14. The van der Waals surface area contributed by atoms with Crippen molar-refractivity contribution in [1.82, 2.24) is 14.8 Å². The van der Waals surface area contributed by atoms with Crippen molar-refractivity contribution < 1.29 is 5.11 Å². The van der Waals surface area contributed by atoms with Gasteiger partial charge in [0.05, 0.1) is 0 Å². The minimum atomic E-state index is -0.294.